The van der Waals surface area contributed by atoms with Crippen LogP contribution in [0.5, 0.6) is 0 Å². The third kappa shape index (κ3) is 4.34. The minimum absolute atomic E-state index is 0.00536. The lowest BCUT2D eigenvalue weighted by Gasteiger charge is -2.09. The Kier molecular flexibility index (Phi) is 5.59. The number of esters is 1. The number of ether oxygens (including phenoxy) is 2. The lowest BCUT2D eigenvalue weighted by molar-refractivity contribution is -0.143. The van der Waals surface area contributed by atoms with Crippen molar-refractivity contribution in [2.75, 3.05) is 20.3 Å². The quantitative estimate of drug-likeness (QED) is 0.394. The second-order valence-electron chi connectivity index (χ2n) is 3.23. The highest BCUT2D eigenvalue weighted by atomic mass is 32.2. The van der Waals surface area contributed by atoms with E-state index in [1.807, 2.05) is 4.98 Å². The van der Waals surface area contributed by atoms with Crippen molar-refractivity contribution >= 4 is 17.7 Å². The molecule has 0 saturated carbocycles. The molecule has 0 aliphatic heterocycles. The molecule has 1 rings (SSSR count). The van der Waals surface area contributed by atoms with Crippen LogP contribution in [-0.4, -0.2) is 46.7 Å². The summed E-state index contributed by atoms with van der Waals surface area (Å²) in [6.45, 7) is 2.03. The molecule has 0 amide bonds. The Morgan fingerprint density at radius 2 is 2.17 bits per heavy atom. The predicted molar refractivity (Wildman–Crippen MR) is 63.6 cm³/mol. The van der Waals surface area contributed by atoms with Crippen molar-refractivity contribution in [1.29, 1.82) is 0 Å². The Balaban J connectivity index is 2.58. The van der Waals surface area contributed by atoms with Crippen molar-refractivity contribution in [2.24, 2.45) is 0 Å². The van der Waals surface area contributed by atoms with Gasteiger partial charge in [0.05, 0.1) is 6.61 Å². The average molecular weight is 275 g/mol. The normalized spacial score (nSPS) is 12.1. The van der Waals surface area contributed by atoms with Gasteiger partial charge in [-0.2, -0.15) is 5.10 Å². The summed E-state index contributed by atoms with van der Waals surface area (Å²) in [6.07, 6.45) is 0. The maximum Gasteiger partial charge on any atom is 0.342 e. The van der Waals surface area contributed by atoms with E-state index in [2.05, 4.69) is 10.2 Å². The van der Waals surface area contributed by atoms with Crippen LogP contribution in [0.25, 0.3) is 0 Å². The minimum atomic E-state index is -0.695. The van der Waals surface area contributed by atoms with Gasteiger partial charge in [-0.05, 0) is 6.92 Å². The van der Waals surface area contributed by atoms with Crippen molar-refractivity contribution in [3.05, 3.63) is 20.8 Å². The van der Waals surface area contributed by atoms with E-state index >= 15 is 0 Å². The molecule has 18 heavy (non-hydrogen) atoms. The number of H-pyrrole nitrogens is 2. The van der Waals surface area contributed by atoms with E-state index in [0.29, 0.717) is 6.61 Å². The van der Waals surface area contributed by atoms with Gasteiger partial charge in [0.2, 0.25) is 0 Å². The molecule has 100 valence electrons. The number of hydrogen-bond acceptors (Lipinski definition) is 7. The topological polar surface area (TPSA) is 114 Å². The highest BCUT2D eigenvalue weighted by Crippen LogP contribution is 2.17. The summed E-state index contributed by atoms with van der Waals surface area (Å²) in [6, 6.07) is 0. The van der Waals surface area contributed by atoms with Gasteiger partial charge in [0, 0.05) is 7.11 Å². The van der Waals surface area contributed by atoms with E-state index in [9.17, 15) is 14.4 Å². The lowest BCUT2D eigenvalue weighted by Crippen LogP contribution is -2.27. The number of nitrogens with zero attached hydrogens (tertiary/aromatic N) is 1. The molecular weight excluding hydrogens is 262 g/mol. The van der Waals surface area contributed by atoms with Crippen LogP contribution in [0.15, 0.2) is 14.6 Å². The van der Waals surface area contributed by atoms with Gasteiger partial charge in [-0.1, -0.05) is 11.8 Å². The molecule has 0 aromatic carbocycles. The smallest absolute Gasteiger partial charge is 0.342 e. The fraction of sp³-hybridized carbons (Fsp3) is 0.556. The summed E-state index contributed by atoms with van der Waals surface area (Å²) in [4.78, 5) is 35.6. The van der Waals surface area contributed by atoms with Crippen LogP contribution in [0.3, 0.4) is 0 Å². The second kappa shape index (κ2) is 6.97. The molecule has 0 aliphatic rings. The summed E-state index contributed by atoms with van der Waals surface area (Å²) in [5.41, 5.74) is -1.33. The molecule has 0 radical (unpaired) electrons. The van der Waals surface area contributed by atoms with Crippen LogP contribution in [-0.2, 0) is 14.3 Å². The van der Waals surface area contributed by atoms with Crippen molar-refractivity contribution < 1.29 is 14.3 Å². The van der Waals surface area contributed by atoms with E-state index in [0.717, 1.165) is 11.8 Å². The number of nitrogens with one attached hydrogen (secondary N) is 2. The Hall–Kier alpha value is -1.61. The standard InChI is InChI=1S/C9H13N3O5S/c1-5(8(14)17-4-3-16-2)18-7-6(13)10-9(15)12-11-7/h5H,3-4H2,1-2H3,(H2,10,12,13,15)/t5-/m0/s1. The first-order valence-electron chi connectivity index (χ1n) is 5.06. The zero-order chi connectivity index (χ0) is 13.5. The van der Waals surface area contributed by atoms with Gasteiger partial charge in [-0.3, -0.25) is 14.6 Å². The van der Waals surface area contributed by atoms with E-state index in [4.69, 9.17) is 9.47 Å². The molecular formula is C9H13N3O5S. The maximum absolute atomic E-state index is 11.5. The largest absolute Gasteiger partial charge is 0.462 e. The predicted octanol–water partition coefficient (Wildman–Crippen LogP) is -0.872. The summed E-state index contributed by atoms with van der Waals surface area (Å²) < 4.78 is 9.61. The van der Waals surface area contributed by atoms with Crippen molar-refractivity contribution in [3.63, 3.8) is 0 Å². The number of carbonyl (C=O) groups is 1. The molecule has 0 fully saturated rings. The fourth-order valence-electron chi connectivity index (χ4n) is 0.975. The average Bonchev–Trinajstić information content (AvgIpc) is 2.32. The first-order valence-corrected chi connectivity index (χ1v) is 5.93. The monoisotopic (exact) mass is 275 g/mol. The summed E-state index contributed by atoms with van der Waals surface area (Å²) in [5.74, 6) is -0.482. The van der Waals surface area contributed by atoms with Crippen molar-refractivity contribution in [1.82, 2.24) is 15.2 Å². The first-order chi connectivity index (χ1) is 8.54. The molecule has 0 saturated heterocycles. The molecule has 0 unspecified atom stereocenters. The number of thioether (sulfide) groups is 1. The number of aromatic amines is 2. The molecule has 0 bridgehead atoms. The van der Waals surface area contributed by atoms with Gasteiger partial charge < -0.3 is 9.47 Å². The Morgan fingerprint density at radius 3 is 2.78 bits per heavy atom. The molecule has 0 spiro atoms. The van der Waals surface area contributed by atoms with Crippen molar-refractivity contribution in [2.45, 2.75) is 17.2 Å². The third-order valence-electron chi connectivity index (χ3n) is 1.83. The SMILES string of the molecule is COCCOC(=O)[C@H](C)Sc1n[nH]c(=O)[nH]c1=O. The number of methoxy groups -OCH3 is 1. The molecule has 1 aromatic heterocycles. The molecule has 1 atom stereocenters. The lowest BCUT2D eigenvalue weighted by atomic mass is 10.5. The van der Waals surface area contributed by atoms with Crippen LogP contribution in [0, 0.1) is 0 Å². The Labute approximate surface area is 106 Å². The molecule has 1 aromatic rings. The van der Waals surface area contributed by atoms with Crippen molar-refractivity contribution in [3.8, 4) is 0 Å². The number of hydrogen-bond donors (Lipinski definition) is 2. The second-order valence-corrected chi connectivity index (χ2v) is 4.56. The van der Waals surface area contributed by atoms with Gasteiger partial charge in [0.1, 0.15) is 11.9 Å². The Bertz CT molecular complexity index is 511. The molecule has 9 heteroatoms. The number of rotatable bonds is 6. The molecule has 2 N–H and O–H groups in total. The highest BCUT2D eigenvalue weighted by Gasteiger charge is 2.18. The molecule has 8 nitrogen and oxygen atoms in total. The van der Waals surface area contributed by atoms with Crippen LogP contribution in [0.4, 0.5) is 0 Å². The maximum atomic E-state index is 11.5. The van der Waals surface area contributed by atoms with E-state index in [1.165, 1.54) is 7.11 Å². The van der Waals surface area contributed by atoms with Crippen LogP contribution in [0.2, 0.25) is 0 Å². The first kappa shape index (κ1) is 14.5. The van der Waals surface area contributed by atoms with E-state index in [-0.39, 0.29) is 11.6 Å². The zero-order valence-electron chi connectivity index (χ0n) is 9.89. The van der Waals surface area contributed by atoms with Crippen LogP contribution >= 0.6 is 11.8 Å². The summed E-state index contributed by atoms with van der Waals surface area (Å²) in [5, 5.41) is 5.02. The van der Waals surface area contributed by atoms with Gasteiger partial charge in [-0.15, -0.1) is 0 Å². The molecule has 1 heterocycles. The van der Waals surface area contributed by atoms with Gasteiger partial charge in [0.25, 0.3) is 5.56 Å². The van der Waals surface area contributed by atoms with Gasteiger partial charge in [0.15, 0.2) is 5.03 Å². The number of aromatic nitrogens is 3. The van der Waals surface area contributed by atoms with E-state index in [1.54, 1.807) is 6.92 Å². The van der Waals surface area contributed by atoms with Crippen LogP contribution in [0.1, 0.15) is 6.92 Å². The zero-order valence-corrected chi connectivity index (χ0v) is 10.7. The summed E-state index contributed by atoms with van der Waals surface area (Å²) >= 11 is 0.905. The number of carbonyl (C=O) groups excluding carboxylic acids is 1. The third-order valence-corrected chi connectivity index (χ3v) is 2.88. The van der Waals surface area contributed by atoms with Gasteiger partial charge in [-0.25, -0.2) is 9.89 Å². The highest BCUT2D eigenvalue weighted by molar-refractivity contribution is 8.00. The molecule has 0 aliphatic carbocycles. The van der Waals surface area contributed by atoms with Crippen LogP contribution < -0.4 is 11.2 Å². The van der Waals surface area contributed by atoms with E-state index < -0.39 is 22.5 Å². The minimum Gasteiger partial charge on any atom is -0.462 e. The Morgan fingerprint density at radius 1 is 1.44 bits per heavy atom. The van der Waals surface area contributed by atoms with Gasteiger partial charge >= 0.3 is 11.7 Å². The summed E-state index contributed by atoms with van der Waals surface area (Å²) in [7, 11) is 1.50. The fourth-order valence-corrected chi connectivity index (χ4v) is 1.73.